The minimum absolute atomic E-state index is 0.0661. The zero-order chi connectivity index (χ0) is 25.0. The highest BCUT2D eigenvalue weighted by molar-refractivity contribution is 6.07. The Hall–Kier alpha value is -2.96. The van der Waals surface area contributed by atoms with Crippen molar-refractivity contribution in [2.45, 2.75) is 85.4 Å². The largest absolute Gasteiger partial charge is 0.461 e. The number of halogens is 1. The van der Waals surface area contributed by atoms with Gasteiger partial charge in [-0.1, -0.05) is 19.3 Å². The highest BCUT2D eigenvalue weighted by Gasteiger charge is 2.37. The molecule has 1 aromatic heterocycles. The summed E-state index contributed by atoms with van der Waals surface area (Å²) in [6.07, 6.45) is 4.75. The van der Waals surface area contributed by atoms with E-state index >= 15 is 0 Å². The van der Waals surface area contributed by atoms with E-state index in [1.54, 1.807) is 30.2 Å². The van der Waals surface area contributed by atoms with Crippen molar-refractivity contribution in [3.8, 4) is 0 Å². The van der Waals surface area contributed by atoms with Crippen LogP contribution in [0, 0.1) is 19.7 Å². The summed E-state index contributed by atoms with van der Waals surface area (Å²) >= 11 is 0. The second-order valence-electron chi connectivity index (χ2n) is 8.95. The zero-order valence-corrected chi connectivity index (χ0v) is 20.8. The Morgan fingerprint density at radius 2 is 1.71 bits per heavy atom. The molecule has 1 atom stereocenters. The number of carbonyl (C=O) groups is 3. The number of amides is 1. The molecule has 1 unspecified atom stereocenters. The first-order chi connectivity index (χ1) is 16.2. The van der Waals surface area contributed by atoms with Gasteiger partial charge in [0.2, 0.25) is 0 Å². The molecule has 3 rings (SSSR count). The summed E-state index contributed by atoms with van der Waals surface area (Å²) < 4.78 is 20.5. The second kappa shape index (κ2) is 11.0. The van der Waals surface area contributed by atoms with Crippen LogP contribution >= 0.6 is 0 Å². The van der Waals surface area contributed by atoms with E-state index in [1.165, 1.54) is 24.3 Å². The molecule has 34 heavy (non-hydrogen) atoms. The highest BCUT2D eigenvalue weighted by atomic mass is 19.1. The van der Waals surface area contributed by atoms with Crippen molar-refractivity contribution >= 4 is 17.7 Å². The number of rotatable bonds is 8. The Labute approximate surface area is 201 Å². The molecule has 1 saturated carbocycles. The molecule has 1 aliphatic carbocycles. The number of ether oxygens (including phenoxy) is 1. The monoisotopic (exact) mass is 470 g/mol. The maximum absolute atomic E-state index is 13.9. The molecule has 0 spiro atoms. The molecule has 0 radical (unpaired) electrons. The molecule has 0 saturated heterocycles. The van der Waals surface area contributed by atoms with E-state index in [0.717, 1.165) is 32.1 Å². The van der Waals surface area contributed by atoms with Crippen LogP contribution in [0.4, 0.5) is 4.39 Å². The van der Waals surface area contributed by atoms with E-state index in [-0.39, 0.29) is 24.3 Å². The first-order valence-electron chi connectivity index (χ1n) is 12.2. The summed E-state index contributed by atoms with van der Waals surface area (Å²) in [5, 5.41) is 0. The van der Waals surface area contributed by atoms with Gasteiger partial charge >= 0.3 is 5.97 Å². The average molecular weight is 471 g/mol. The smallest absolute Gasteiger partial charge is 0.355 e. The molecule has 1 aromatic carbocycles. The van der Waals surface area contributed by atoms with Crippen molar-refractivity contribution in [2.75, 3.05) is 6.61 Å². The first-order valence-corrected chi connectivity index (χ1v) is 12.2. The summed E-state index contributed by atoms with van der Waals surface area (Å²) in [6.45, 7) is 9.77. The SMILES string of the molecule is CCOC(=O)c1c(C)c(C(=O)C(C)N(C(=O)c2ccc(F)cc2)C2CCCCC2)c(C)n1CC. The third-order valence-electron chi connectivity index (χ3n) is 6.89. The van der Waals surface area contributed by atoms with Gasteiger partial charge in [0.1, 0.15) is 11.5 Å². The molecule has 1 heterocycles. The Bertz CT molecular complexity index is 1050. The van der Waals surface area contributed by atoms with Gasteiger partial charge in [-0.25, -0.2) is 9.18 Å². The number of hydrogen-bond donors (Lipinski definition) is 0. The van der Waals surface area contributed by atoms with Crippen molar-refractivity contribution in [1.82, 2.24) is 9.47 Å². The summed E-state index contributed by atoms with van der Waals surface area (Å²) in [5.74, 6) is -1.34. The summed E-state index contributed by atoms with van der Waals surface area (Å²) in [4.78, 5) is 41.8. The van der Waals surface area contributed by atoms with Gasteiger partial charge in [-0.05, 0) is 77.3 Å². The molecule has 7 heteroatoms. The quantitative estimate of drug-likeness (QED) is 0.378. The normalized spacial score (nSPS) is 15.1. The molecule has 0 bridgehead atoms. The molecule has 1 aliphatic rings. The average Bonchev–Trinajstić information content (AvgIpc) is 3.09. The van der Waals surface area contributed by atoms with E-state index in [2.05, 4.69) is 0 Å². The lowest BCUT2D eigenvalue weighted by Gasteiger charge is -2.38. The fourth-order valence-electron chi connectivity index (χ4n) is 5.21. The molecule has 1 amide bonds. The van der Waals surface area contributed by atoms with Crippen molar-refractivity contribution in [2.24, 2.45) is 0 Å². The lowest BCUT2D eigenvalue weighted by Crippen LogP contribution is -2.50. The second-order valence-corrected chi connectivity index (χ2v) is 8.95. The fourth-order valence-corrected chi connectivity index (χ4v) is 5.21. The Morgan fingerprint density at radius 3 is 2.26 bits per heavy atom. The van der Waals surface area contributed by atoms with Gasteiger partial charge < -0.3 is 14.2 Å². The van der Waals surface area contributed by atoms with Gasteiger partial charge in [0.05, 0.1) is 12.6 Å². The van der Waals surface area contributed by atoms with Crippen LogP contribution in [0.5, 0.6) is 0 Å². The Balaban J connectivity index is 2.03. The third kappa shape index (κ3) is 4.93. The molecule has 1 fully saturated rings. The molecule has 2 aromatic rings. The number of ketones is 1. The maximum atomic E-state index is 13.9. The van der Waals surface area contributed by atoms with Crippen molar-refractivity contribution < 1.29 is 23.5 Å². The maximum Gasteiger partial charge on any atom is 0.355 e. The minimum atomic E-state index is -0.735. The van der Waals surface area contributed by atoms with Crippen molar-refractivity contribution in [1.29, 1.82) is 0 Å². The van der Waals surface area contributed by atoms with Gasteiger partial charge in [-0.15, -0.1) is 0 Å². The third-order valence-corrected chi connectivity index (χ3v) is 6.89. The van der Waals surface area contributed by atoms with Crippen LogP contribution in [-0.4, -0.2) is 45.8 Å². The van der Waals surface area contributed by atoms with Gasteiger partial charge in [-0.3, -0.25) is 9.59 Å². The summed E-state index contributed by atoms with van der Waals surface area (Å²) in [7, 11) is 0. The van der Waals surface area contributed by atoms with Crippen LogP contribution < -0.4 is 0 Å². The minimum Gasteiger partial charge on any atom is -0.461 e. The van der Waals surface area contributed by atoms with Crippen LogP contribution in [0.3, 0.4) is 0 Å². The molecule has 0 N–H and O–H groups in total. The van der Waals surface area contributed by atoms with Crippen LogP contribution in [0.25, 0.3) is 0 Å². The standard InChI is InChI=1S/C27H35FN2O4/c1-6-29-18(4)23(17(3)24(29)27(33)34-7-2)25(31)19(5)30(22-11-9-8-10-12-22)26(32)20-13-15-21(28)16-14-20/h13-16,19,22H,6-12H2,1-5H3. The molecule has 184 valence electrons. The van der Waals surface area contributed by atoms with Crippen molar-refractivity contribution in [3.63, 3.8) is 0 Å². The van der Waals surface area contributed by atoms with Gasteiger partial charge in [0, 0.05) is 29.4 Å². The van der Waals surface area contributed by atoms with Crippen molar-refractivity contribution in [3.05, 3.63) is 58.2 Å². The number of benzene rings is 1. The molecular formula is C27H35FN2O4. The van der Waals surface area contributed by atoms with Crippen LogP contribution in [0.2, 0.25) is 0 Å². The predicted octanol–water partition coefficient (Wildman–Crippen LogP) is 5.49. The fraction of sp³-hybridized carbons (Fsp3) is 0.519. The molecule has 0 aliphatic heterocycles. The number of hydrogen-bond acceptors (Lipinski definition) is 4. The Kier molecular flexibility index (Phi) is 8.28. The highest BCUT2D eigenvalue weighted by Crippen LogP contribution is 2.30. The first kappa shape index (κ1) is 25.7. The summed E-state index contributed by atoms with van der Waals surface area (Å²) in [5.41, 5.74) is 2.47. The number of carbonyl (C=O) groups excluding carboxylic acids is 3. The van der Waals surface area contributed by atoms with Gasteiger partial charge in [0.25, 0.3) is 5.91 Å². The lowest BCUT2D eigenvalue weighted by molar-refractivity contribution is 0.0485. The molecule has 6 nitrogen and oxygen atoms in total. The number of nitrogens with zero attached hydrogens (tertiary/aromatic N) is 2. The summed E-state index contributed by atoms with van der Waals surface area (Å²) in [6, 6.07) is 4.66. The number of esters is 1. The van der Waals surface area contributed by atoms with Gasteiger partial charge in [-0.2, -0.15) is 0 Å². The van der Waals surface area contributed by atoms with E-state index < -0.39 is 17.8 Å². The molecular weight excluding hydrogens is 435 g/mol. The van der Waals surface area contributed by atoms with Crippen LogP contribution in [0.1, 0.15) is 95.3 Å². The van der Waals surface area contributed by atoms with E-state index in [9.17, 15) is 18.8 Å². The topological polar surface area (TPSA) is 68.6 Å². The Morgan fingerprint density at radius 1 is 1.09 bits per heavy atom. The van der Waals surface area contributed by atoms with Crippen LogP contribution in [0.15, 0.2) is 24.3 Å². The van der Waals surface area contributed by atoms with E-state index in [1.807, 2.05) is 13.8 Å². The van der Waals surface area contributed by atoms with Gasteiger partial charge in [0.15, 0.2) is 5.78 Å². The number of aromatic nitrogens is 1. The van der Waals surface area contributed by atoms with E-state index in [4.69, 9.17) is 4.74 Å². The van der Waals surface area contributed by atoms with Crippen LogP contribution in [-0.2, 0) is 11.3 Å². The zero-order valence-electron chi connectivity index (χ0n) is 20.8. The predicted molar refractivity (Wildman–Crippen MR) is 129 cm³/mol. The lowest BCUT2D eigenvalue weighted by atomic mass is 9.90. The van der Waals surface area contributed by atoms with E-state index in [0.29, 0.717) is 34.6 Å². The number of Topliss-reactive ketones (excluding diaryl/α,β-unsaturated/α-hetero) is 1.